The molecule has 3 fully saturated rings. The largest absolute Gasteiger partial charge is 0.497 e. The molecule has 16 nitrogen and oxygen atoms in total. The maximum absolute atomic E-state index is 15.2. The van der Waals surface area contributed by atoms with Gasteiger partial charge in [-0.15, -0.1) is 0 Å². The lowest BCUT2D eigenvalue weighted by Gasteiger charge is -2.40. The van der Waals surface area contributed by atoms with E-state index in [1.807, 2.05) is 20.8 Å². The number of rotatable bonds is 12. The van der Waals surface area contributed by atoms with Crippen LogP contribution in [0.2, 0.25) is 0 Å². The van der Waals surface area contributed by atoms with E-state index >= 15 is 4.79 Å². The molecule has 0 unspecified atom stereocenters. The van der Waals surface area contributed by atoms with Gasteiger partial charge in [-0.2, -0.15) is 13.2 Å². The van der Waals surface area contributed by atoms with Crippen molar-refractivity contribution in [3.8, 4) is 34.4 Å². The predicted molar refractivity (Wildman–Crippen MR) is 245 cm³/mol. The third-order valence-electron chi connectivity index (χ3n) is 13.7. The fourth-order valence-electron chi connectivity index (χ4n) is 9.43. The molecule has 3 heterocycles. The number of nitrogens with one attached hydrogen (secondary N) is 2. The molecule has 2 aromatic carbocycles. The van der Waals surface area contributed by atoms with Gasteiger partial charge in [-0.05, 0) is 121 Å². The first-order valence-corrected chi connectivity index (χ1v) is 24.3. The van der Waals surface area contributed by atoms with Gasteiger partial charge in [0.1, 0.15) is 47.0 Å². The first kappa shape index (κ1) is 50.1. The number of benzene rings is 2. The second-order valence-electron chi connectivity index (χ2n) is 19.2. The quantitative estimate of drug-likeness (QED) is 0.154. The van der Waals surface area contributed by atoms with Crippen molar-refractivity contribution < 1.29 is 64.8 Å². The Balaban J connectivity index is 1.33. The molecule has 0 spiro atoms. The number of halogens is 3. The van der Waals surface area contributed by atoms with Crippen LogP contribution in [0.4, 0.5) is 18.0 Å². The normalized spacial score (nSPS) is 27.1. The van der Waals surface area contributed by atoms with Crippen molar-refractivity contribution in [1.82, 2.24) is 24.8 Å². The molecule has 0 radical (unpaired) electrons. The highest BCUT2D eigenvalue weighted by Crippen LogP contribution is 2.48. The van der Waals surface area contributed by atoms with E-state index in [-0.39, 0.29) is 42.1 Å². The van der Waals surface area contributed by atoms with E-state index < -0.39 is 92.9 Å². The van der Waals surface area contributed by atoms with Crippen LogP contribution in [0.1, 0.15) is 86.5 Å². The van der Waals surface area contributed by atoms with Crippen molar-refractivity contribution in [2.24, 2.45) is 17.8 Å². The number of allylic oxidation sites excluding steroid dienone is 1. The highest BCUT2D eigenvalue weighted by molar-refractivity contribution is 7.91. The van der Waals surface area contributed by atoms with Gasteiger partial charge in [0.2, 0.25) is 27.7 Å². The molecule has 370 valence electrons. The van der Waals surface area contributed by atoms with Crippen LogP contribution in [0.5, 0.6) is 23.1 Å². The molecule has 0 bridgehead atoms. The Morgan fingerprint density at radius 2 is 1.68 bits per heavy atom. The summed E-state index contributed by atoms with van der Waals surface area (Å²) in [6.07, 6.45) is -3.19. The Hall–Kier alpha value is -5.79. The van der Waals surface area contributed by atoms with Crippen molar-refractivity contribution in [2.45, 2.75) is 133 Å². The number of alkyl halides is 3. The average molecular weight is 972 g/mol. The highest BCUT2D eigenvalue weighted by atomic mass is 32.2. The topological polar surface area (TPSA) is 203 Å². The number of aromatic nitrogens is 1. The minimum absolute atomic E-state index is 0.0254. The first-order chi connectivity index (χ1) is 31.9. The molecule has 2 saturated carbocycles. The lowest BCUT2D eigenvalue weighted by atomic mass is 9.86. The second-order valence-corrected chi connectivity index (χ2v) is 21.4. The summed E-state index contributed by atoms with van der Waals surface area (Å²) in [6, 6.07) is 6.13. The van der Waals surface area contributed by atoms with E-state index in [1.54, 1.807) is 54.6 Å². The summed E-state index contributed by atoms with van der Waals surface area (Å²) in [7, 11) is -1.18. The zero-order valence-corrected chi connectivity index (χ0v) is 40.2. The van der Waals surface area contributed by atoms with Crippen LogP contribution in [0.15, 0.2) is 54.6 Å². The molecular formula is C48H60F3N5O11S. The molecule has 1 saturated heterocycles. The number of amides is 4. The van der Waals surface area contributed by atoms with Crippen LogP contribution in [0.3, 0.4) is 0 Å². The Morgan fingerprint density at radius 3 is 2.28 bits per heavy atom. The molecule has 4 amide bonds. The zero-order valence-electron chi connectivity index (χ0n) is 39.4. The van der Waals surface area contributed by atoms with Crippen molar-refractivity contribution >= 4 is 44.6 Å². The van der Waals surface area contributed by atoms with Gasteiger partial charge in [-0.1, -0.05) is 26.0 Å². The molecule has 8 atom stereocenters. The number of carboxylic acid groups (broad SMARTS) is 1. The van der Waals surface area contributed by atoms with E-state index in [4.69, 9.17) is 23.9 Å². The maximum atomic E-state index is 15.2. The Bertz CT molecular complexity index is 2570. The monoisotopic (exact) mass is 971 g/mol. The summed E-state index contributed by atoms with van der Waals surface area (Å²) < 4.78 is 95.4. The third-order valence-corrected chi connectivity index (χ3v) is 15.9. The van der Waals surface area contributed by atoms with Gasteiger partial charge in [-0.3, -0.25) is 24.0 Å². The summed E-state index contributed by atoms with van der Waals surface area (Å²) in [4.78, 5) is 63.2. The predicted octanol–water partition coefficient (Wildman–Crippen LogP) is 7.24. The number of ether oxygens (including phenoxy) is 4. The van der Waals surface area contributed by atoms with Gasteiger partial charge in [-0.25, -0.2) is 18.2 Å². The minimum atomic E-state index is -5.07. The molecule has 1 aromatic heterocycles. The number of nitrogens with zero attached hydrogens (tertiary/aromatic N) is 3. The molecule has 3 N–H and O–H groups in total. The fraction of sp³-hybridized carbons (Fsp3) is 0.562. The number of pyridine rings is 1. The van der Waals surface area contributed by atoms with Crippen molar-refractivity contribution in [3.05, 3.63) is 54.6 Å². The van der Waals surface area contributed by atoms with E-state index in [1.165, 1.54) is 28.1 Å². The lowest BCUT2D eigenvalue weighted by Crippen LogP contribution is -2.62. The van der Waals surface area contributed by atoms with Crippen LogP contribution >= 0.6 is 0 Å². The van der Waals surface area contributed by atoms with Gasteiger partial charge in [0, 0.05) is 28.7 Å². The van der Waals surface area contributed by atoms with Crippen molar-refractivity contribution in [3.63, 3.8) is 0 Å². The number of sulfonamides is 1. The molecule has 2 aliphatic heterocycles. The summed E-state index contributed by atoms with van der Waals surface area (Å²) >= 11 is 0. The summed E-state index contributed by atoms with van der Waals surface area (Å²) in [5, 5.41) is 14.2. The van der Waals surface area contributed by atoms with Crippen LogP contribution in [0.25, 0.3) is 22.0 Å². The van der Waals surface area contributed by atoms with Gasteiger partial charge < -0.3 is 34.3 Å². The van der Waals surface area contributed by atoms with Crippen LogP contribution in [-0.2, 0) is 24.4 Å². The first-order valence-electron chi connectivity index (χ1n) is 22.9. The summed E-state index contributed by atoms with van der Waals surface area (Å²) in [6.45, 7) is 8.92. The number of hydrogen-bond donors (Lipinski definition) is 3. The lowest BCUT2D eigenvalue weighted by molar-refractivity contribution is -0.184. The molecular weight excluding hydrogens is 912 g/mol. The maximum Gasteiger partial charge on any atom is 0.408 e. The van der Waals surface area contributed by atoms with Crippen LogP contribution < -0.4 is 29.0 Å². The number of carbonyl (C=O) groups excluding carboxylic acids is 3. The Kier molecular flexibility index (Phi) is 14.0. The highest BCUT2D eigenvalue weighted by Gasteiger charge is 2.63. The Labute approximate surface area is 393 Å². The van der Waals surface area contributed by atoms with Gasteiger partial charge in [0.25, 0.3) is 5.91 Å². The van der Waals surface area contributed by atoms with Gasteiger partial charge >= 0.3 is 12.3 Å². The number of methoxy groups -OCH3 is 2. The van der Waals surface area contributed by atoms with Gasteiger partial charge in [0.15, 0.2) is 5.75 Å². The van der Waals surface area contributed by atoms with E-state index in [2.05, 4.69) is 10.0 Å². The number of fused-ring (bicyclic) bond motifs is 3. The summed E-state index contributed by atoms with van der Waals surface area (Å²) in [5.74, 6) is -3.27. The molecule has 68 heavy (non-hydrogen) atoms. The van der Waals surface area contributed by atoms with Gasteiger partial charge in [0.05, 0.1) is 31.6 Å². The minimum Gasteiger partial charge on any atom is -0.497 e. The fourth-order valence-corrected chi connectivity index (χ4v) is 10.7. The van der Waals surface area contributed by atoms with Crippen LogP contribution in [-0.4, -0.2) is 120 Å². The SMILES string of the molecule is COc1ccc2c(O[C@@H]3C[C@H]4C(=O)N[C@]5(C(=O)NS(=O)(=O)C6(C)CC6)C[C@H]5/C=C\CC[C@@H](C)C[C@@H](C)[C@H](N(C(=O)O)[C@H](C)C(F)(F)F)C(=O)N4C3)nc(-c3ccc(OC(C)C)cc3)c(OC)c2c1. The van der Waals surface area contributed by atoms with Crippen molar-refractivity contribution in [1.29, 1.82) is 0 Å². The van der Waals surface area contributed by atoms with Crippen molar-refractivity contribution in [2.75, 3.05) is 20.8 Å². The van der Waals surface area contributed by atoms with E-state index in [0.29, 0.717) is 71.9 Å². The Morgan fingerprint density at radius 1 is 1.00 bits per heavy atom. The zero-order chi connectivity index (χ0) is 49.7. The molecule has 3 aromatic rings. The van der Waals surface area contributed by atoms with Crippen LogP contribution in [0, 0.1) is 17.8 Å². The molecule has 4 aliphatic rings. The molecule has 2 aliphatic carbocycles. The third kappa shape index (κ3) is 10.0. The average Bonchev–Trinajstić information content (AvgIpc) is 4.15. The molecule has 20 heteroatoms. The molecule has 7 rings (SSSR count). The number of carbonyl (C=O) groups is 4. The number of hydrogen-bond acceptors (Lipinski definition) is 11. The second kappa shape index (κ2) is 19.0. The summed E-state index contributed by atoms with van der Waals surface area (Å²) in [5.41, 5.74) is -0.805. The van der Waals surface area contributed by atoms with E-state index in [9.17, 15) is 41.1 Å². The smallest absolute Gasteiger partial charge is 0.408 e. The standard InChI is InChI=1S/C48H60F3N5O11S/c1-26(2)66-32-15-13-30(14-16-32)38-40(65-8)36-22-33(64-7)17-18-35(36)42(52-38)67-34-23-37-41(57)53-47(44(59)54-68(62,63)46(6)19-20-46)24-31(47)12-10-9-11-27(3)21-28(4)39(43(58)55(37)25-34)56(45(60)61)29(5)48(49,50)51/h10,12-18,22,26-29,31,34,37,39H,9,11,19-21,23-25H2,1-8H3,(H,53,57)(H,54,59)(H,60,61)/b12-10-/t27-,28-,29-,31-,34-,37+,39+,47-/m1/s1. The van der Waals surface area contributed by atoms with E-state index in [0.717, 1.165) is 4.90 Å².